The first-order chi connectivity index (χ1) is 10.6. The molecule has 0 N–H and O–H groups in total. The summed E-state index contributed by atoms with van der Waals surface area (Å²) in [5, 5.41) is 0. The van der Waals surface area contributed by atoms with Crippen molar-refractivity contribution in [2.45, 2.75) is 6.92 Å². The van der Waals surface area contributed by atoms with Crippen molar-refractivity contribution in [1.29, 1.82) is 0 Å². The van der Waals surface area contributed by atoms with Crippen LogP contribution >= 0.6 is 0 Å². The van der Waals surface area contributed by atoms with Crippen molar-refractivity contribution in [3.8, 4) is 18.1 Å². The number of hydrogen-bond donors (Lipinski definition) is 0. The fourth-order valence-corrected chi connectivity index (χ4v) is 2.73. The fourth-order valence-electron chi connectivity index (χ4n) is 2.73. The number of fused-ring (bicyclic) bond motifs is 1. The highest BCUT2D eigenvalue weighted by Crippen LogP contribution is 2.43. The van der Waals surface area contributed by atoms with E-state index in [0.29, 0.717) is 0 Å². The quantitative estimate of drug-likeness (QED) is 0.722. The molecule has 1 aliphatic carbocycles. The summed E-state index contributed by atoms with van der Waals surface area (Å²) >= 11 is 0. The third-order valence-electron chi connectivity index (χ3n) is 3.89. The van der Waals surface area contributed by atoms with Crippen LogP contribution < -0.4 is 4.74 Å². The minimum Gasteiger partial charge on any atom is -0.497 e. The van der Waals surface area contributed by atoms with E-state index in [1.807, 2.05) is 31.2 Å². The predicted molar refractivity (Wildman–Crippen MR) is 88.7 cm³/mol. The van der Waals surface area contributed by atoms with Crippen LogP contribution in [-0.4, -0.2) is 7.11 Å². The summed E-state index contributed by atoms with van der Waals surface area (Å²) in [4.78, 5) is 0. The van der Waals surface area contributed by atoms with Gasteiger partial charge < -0.3 is 4.74 Å². The summed E-state index contributed by atoms with van der Waals surface area (Å²) in [5.41, 5.74) is 6.02. The van der Waals surface area contributed by atoms with E-state index in [0.717, 1.165) is 39.2 Å². The number of halogens is 1. The lowest BCUT2D eigenvalue weighted by atomic mass is 10.0. The maximum Gasteiger partial charge on any atom is 0.123 e. The number of rotatable bonds is 2. The van der Waals surface area contributed by atoms with E-state index in [1.54, 1.807) is 19.2 Å². The maximum atomic E-state index is 13.0. The molecule has 2 aromatic rings. The third-order valence-corrected chi connectivity index (χ3v) is 3.89. The van der Waals surface area contributed by atoms with Crippen LogP contribution in [0.15, 0.2) is 48.0 Å². The van der Waals surface area contributed by atoms with Gasteiger partial charge in [-0.1, -0.05) is 24.1 Å². The minimum atomic E-state index is -0.240. The summed E-state index contributed by atoms with van der Waals surface area (Å²) in [6.07, 6.45) is 7.71. The van der Waals surface area contributed by atoms with E-state index >= 15 is 0 Å². The van der Waals surface area contributed by atoms with Crippen molar-refractivity contribution in [3.05, 3.63) is 70.5 Å². The molecule has 0 heterocycles. The minimum absolute atomic E-state index is 0.240. The summed E-state index contributed by atoms with van der Waals surface area (Å²) in [7, 11) is 1.64. The number of ether oxygens (including phenoxy) is 1. The molecule has 22 heavy (non-hydrogen) atoms. The molecule has 3 rings (SSSR count). The third kappa shape index (κ3) is 2.31. The van der Waals surface area contributed by atoms with E-state index in [9.17, 15) is 4.39 Å². The Morgan fingerprint density at radius 1 is 1.09 bits per heavy atom. The number of allylic oxidation sites excluding steroid dienone is 3. The Labute approximate surface area is 129 Å². The summed E-state index contributed by atoms with van der Waals surface area (Å²) in [6, 6.07) is 12.3. The standard InChI is InChI=1S/C20H15FO/c1-4-17-13(2)19(11-14-5-7-15(21)8-6-14)18-10-9-16(22-3)12-20(17)18/h1,5-12H,2-3H3. The van der Waals surface area contributed by atoms with Crippen molar-refractivity contribution >= 4 is 17.2 Å². The fraction of sp³-hybridized carbons (Fsp3) is 0.100. The lowest BCUT2D eigenvalue weighted by molar-refractivity contribution is 0.414. The molecule has 2 heteroatoms. The van der Waals surface area contributed by atoms with Gasteiger partial charge in [0.05, 0.1) is 7.11 Å². The SMILES string of the molecule is C#CC1=C(C)C(=Cc2ccc(F)cc2)c2ccc(OC)cc21. The van der Waals surface area contributed by atoms with Gasteiger partial charge >= 0.3 is 0 Å². The van der Waals surface area contributed by atoms with Crippen LogP contribution in [0.5, 0.6) is 5.75 Å². The zero-order valence-corrected chi connectivity index (χ0v) is 12.5. The topological polar surface area (TPSA) is 9.23 Å². The summed E-state index contributed by atoms with van der Waals surface area (Å²) in [5.74, 6) is 3.31. The van der Waals surface area contributed by atoms with Crippen LogP contribution in [0.3, 0.4) is 0 Å². The molecule has 2 aromatic carbocycles. The van der Waals surface area contributed by atoms with Crippen LogP contribution in [0, 0.1) is 18.2 Å². The molecular weight excluding hydrogens is 275 g/mol. The average Bonchev–Trinajstić information content (AvgIpc) is 2.80. The smallest absolute Gasteiger partial charge is 0.123 e. The maximum absolute atomic E-state index is 13.0. The van der Waals surface area contributed by atoms with Gasteiger partial charge in [0.1, 0.15) is 11.6 Å². The molecule has 0 saturated carbocycles. The van der Waals surface area contributed by atoms with E-state index < -0.39 is 0 Å². The van der Waals surface area contributed by atoms with Crippen LogP contribution in [0.1, 0.15) is 23.6 Å². The number of benzene rings is 2. The average molecular weight is 290 g/mol. The molecule has 0 bridgehead atoms. The summed E-state index contributed by atoms with van der Waals surface area (Å²) in [6.45, 7) is 2.01. The number of hydrogen-bond acceptors (Lipinski definition) is 1. The van der Waals surface area contributed by atoms with Crippen LogP contribution in [-0.2, 0) is 0 Å². The lowest BCUT2D eigenvalue weighted by Gasteiger charge is -2.06. The monoisotopic (exact) mass is 290 g/mol. The molecule has 1 nitrogen and oxygen atoms in total. The molecule has 1 aliphatic rings. The first-order valence-corrected chi connectivity index (χ1v) is 6.98. The molecule has 0 amide bonds. The van der Waals surface area contributed by atoms with Gasteiger partial charge in [-0.3, -0.25) is 0 Å². The van der Waals surface area contributed by atoms with Crippen LogP contribution in [0.2, 0.25) is 0 Å². The molecule has 0 aromatic heterocycles. The van der Waals surface area contributed by atoms with Gasteiger partial charge in [-0.15, -0.1) is 6.42 Å². The van der Waals surface area contributed by atoms with Gasteiger partial charge in [-0.05, 0) is 59.5 Å². The molecular formula is C20H15FO. The van der Waals surface area contributed by atoms with Crippen LogP contribution in [0.4, 0.5) is 4.39 Å². The van der Waals surface area contributed by atoms with E-state index in [2.05, 4.69) is 5.92 Å². The first-order valence-electron chi connectivity index (χ1n) is 6.98. The van der Waals surface area contributed by atoms with Crippen molar-refractivity contribution in [1.82, 2.24) is 0 Å². The van der Waals surface area contributed by atoms with Gasteiger partial charge in [0, 0.05) is 11.1 Å². The van der Waals surface area contributed by atoms with E-state index in [-0.39, 0.29) is 5.82 Å². The molecule has 0 fully saturated rings. The zero-order chi connectivity index (χ0) is 15.7. The molecule has 0 atom stereocenters. The Morgan fingerprint density at radius 2 is 1.82 bits per heavy atom. The Hall–Kier alpha value is -2.79. The first kappa shape index (κ1) is 14.2. The molecule has 0 unspecified atom stereocenters. The molecule has 0 saturated heterocycles. The zero-order valence-electron chi connectivity index (χ0n) is 12.5. The Kier molecular flexibility index (Phi) is 3.56. The van der Waals surface area contributed by atoms with Gasteiger partial charge in [-0.25, -0.2) is 4.39 Å². The van der Waals surface area contributed by atoms with Crippen molar-refractivity contribution in [2.75, 3.05) is 7.11 Å². The second-order valence-corrected chi connectivity index (χ2v) is 5.17. The number of methoxy groups -OCH3 is 1. The van der Waals surface area contributed by atoms with Gasteiger partial charge in [0.2, 0.25) is 0 Å². The van der Waals surface area contributed by atoms with Gasteiger partial charge in [0.25, 0.3) is 0 Å². The second kappa shape index (κ2) is 5.54. The Bertz CT molecular complexity index is 833. The van der Waals surface area contributed by atoms with E-state index in [1.165, 1.54) is 12.1 Å². The highest BCUT2D eigenvalue weighted by Gasteiger charge is 2.23. The highest BCUT2D eigenvalue weighted by atomic mass is 19.1. The van der Waals surface area contributed by atoms with E-state index in [4.69, 9.17) is 11.2 Å². The second-order valence-electron chi connectivity index (χ2n) is 5.17. The molecule has 0 spiro atoms. The molecule has 108 valence electrons. The number of terminal acetylenes is 1. The van der Waals surface area contributed by atoms with Gasteiger partial charge in [-0.2, -0.15) is 0 Å². The normalized spacial score (nSPS) is 14.9. The van der Waals surface area contributed by atoms with Crippen molar-refractivity contribution < 1.29 is 9.13 Å². The van der Waals surface area contributed by atoms with Crippen molar-refractivity contribution in [2.24, 2.45) is 0 Å². The Balaban J connectivity index is 2.16. The van der Waals surface area contributed by atoms with Crippen molar-refractivity contribution in [3.63, 3.8) is 0 Å². The highest BCUT2D eigenvalue weighted by molar-refractivity contribution is 6.08. The predicted octanol–water partition coefficient (Wildman–Crippen LogP) is 4.80. The largest absolute Gasteiger partial charge is 0.497 e. The van der Waals surface area contributed by atoms with Crippen LogP contribution in [0.25, 0.3) is 17.2 Å². The lowest BCUT2D eigenvalue weighted by Crippen LogP contribution is -1.88. The summed E-state index contributed by atoms with van der Waals surface area (Å²) < 4.78 is 18.3. The van der Waals surface area contributed by atoms with Gasteiger partial charge in [0.15, 0.2) is 0 Å². The molecule has 0 radical (unpaired) electrons. The Morgan fingerprint density at radius 3 is 2.45 bits per heavy atom. The molecule has 0 aliphatic heterocycles.